The van der Waals surface area contributed by atoms with Crippen molar-refractivity contribution in [3.63, 3.8) is 0 Å². The van der Waals surface area contributed by atoms with Gasteiger partial charge in [-0.2, -0.15) is 0 Å². The molecular formula is C10H13NO3S2. The quantitative estimate of drug-likeness (QED) is 0.809. The first-order valence-corrected chi connectivity index (χ1v) is 7.77. The van der Waals surface area contributed by atoms with Crippen LogP contribution in [0.3, 0.4) is 0 Å². The Labute approximate surface area is 98.6 Å². The maximum absolute atomic E-state index is 11.6. The van der Waals surface area contributed by atoms with Crippen molar-refractivity contribution in [2.24, 2.45) is 0 Å². The number of sulfone groups is 1. The zero-order valence-electron chi connectivity index (χ0n) is 8.68. The van der Waals surface area contributed by atoms with Gasteiger partial charge in [0.2, 0.25) is 0 Å². The van der Waals surface area contributed by atoms with Crippen LogP contribution >= 0.6 is 11.3 Å². The number of Topliss-reactive ketones (excluding diaryl/α,β-unsaturated/α-hetero) is 1. The fourth-order valence-corrected chi connectivity index (χ4v) is 4.09. The second kappa shape index (κ2) is 4.65. The molecule has 1 atom stereocenters. The van der Waals surface area contributed by atoms with Crippen LogP contribution in [0.1, 0.15) is 16.1 Å². The summed E-state index contributed by atoms with van der Waals surface area (Å²) in [6.07, 6.45) is 0.611. The van der Waals surface area contributed by atoms with Crippen LogP contribution in [-0.4, -0.2) is 38.3 Å². The highest BCUT2D eigenvalue weighted by Crippen LogP contribution is 2.12. The van der Waals surface area contributed by atoms with Crippen molar-refractivity contribution >= 4 is 27.0 Å². The van der Waals surface area contributed by atoms with Crippen molar-refractivity contribution in [3.8, 4) is 0 Å². The van der Waals surface area contributed by atoms with Gasteiger partial charge in [-0.3, -0.25) is 4.79 Å². The van der Waals surface area contributed by atoms with Gasteiger partial charge in [-0.25, -0.2) is 8.42 Å². The van der Waals surface area contributed by atoms with E-state index in [1.165, 1.54) is 11.3 Å². The Morgan fingerprint density at radius 3 is 2.94 bits per heavy atom. The number of hydrogen-bond acceptors (Lipinski definition) is 5. The molecule has 2 rings (SSSR count). The minimum atomic E-state index is -2.87. The Hall–Kier alpha value is -0.720. The lowest BCUT2D eigenvalue weighted by atomic mass is 10.2. The highest BCUT2D eigenvalue weighted by Gasteiger charge is 2.27. The summed E-state index contributed by atoms with van der Waals surface area (Å²) in [6.45, 7) is 0.223. The maximum atomic E-state index is 11.6. The fraction of sp³-hybridized carbons (Fsp3) is 0.500. The fourth-order valence-electron chi connectivity index (χ4n) is 1.72. The molecule has 6 heteroatoms. The zero-order chi connectivity index (χ0) is 11.6. The highest BCUT2D eigenvalue weighted by molar-refractivity contribution is 7.91. The molecule has 1 aliphatic heterocycles. The Morgan fingerprint density at radius 1 is 1.56 bits per heavy atom. The van der Waals surface area contributed by atoms with Crippen molar-refractivity contribution in [2.45, 2.75) is 12.5 Å². The van der Waals surface area contributed by atoms with Crippen LogP contribution in [0.15, 0.2) is 17.5 Å². The number of carbonyl (C=O) groups excluding carboxylic acids is 1. The summed E-state index contributed by atoms with van der Waals surface area (Å²) in [5.74, 6) is 0.419. The van der Waals surface area contributed by atoms with Crippen molar-refractivity contribution in [1.82, 2.24) is 5.32 Å². The molecule has 0 saturated carbocycles. The van der Waals surface area contributed by atoms with Gasteiger partial charge in [0.1, 0.15) is 0 Å². The van der Waals surface area contributed by atoms with Crippen molar-refractivity contribution < 1.29 is 13.2 Å². The predicted molar refractivity (Wildman–Crippen MR) is 63.7 cm³/mol. The van der Waals surface area contributed by atoms with E-state index in [1.54, 1.807) is 6.07 Å². The van der Waals surface area contributed by atoms with E-state index in [0.29, 0.717) is 11.3 Å². The molecule has 0 bridgehead atoms. The Balaban J connectivity index is 1.83. The summed E-state index contributed by atoms with van der Waals surface area (Å²) < 4.78 is 22.4. The van der Waals surface area contributed by atoms with E-state index in [4.69, 9.17) is 0 Å². The molecule has 4 nitrogen and oxygen atoms in total. The van der Waals surface area contributed by atoms with Gasteiger partial charge in [0.05, 0.1) is 22.9 Å². The number of hydrogen-bond donors (Lipinski definition) is 1. The van der Waals surface area contributed by atoms with Crippen LogP contribution in [-0.2, 0) is 9.84 Å². The lowest BCUT2D eigenvalue weighted by Gasteiger charge is -2.08. The first-order valence-electron chi connectivity index (χ1n) is 5.07. The van der Waals surface area contributed by atoms with Crippen LogP contribution in [0.4, 0.5) is 0 Å². The molecule has 88 valence electrons. The summed E-state index contributed by atoms with van der Waals surface area (Å²) in [7, 11) is -2.87. The largest absolute Gasteiger partial charge is 0.306 e. The third-order valence-electron chi connectivity index (χ3n) is 2.58. The number of nitrogens with one attached hydrogen (secondary N) is 1. The van der Waals surface area contributed by atoms with E-state index in [-0.39, 0.29) is 29.9 Å². The summed E-state index contributed by atoms with van der Waals surface area (Å²) in [6, 6.07) is 3.55. The molecule has 1 aromatic heterocycles. The second-order valence-electron chi connectivity index (χ2n) is 3.88. The number of ketones is 1. The Kier molecular flexibility index (Phi) is 3.41. The van der Waals surface area contributed by atoms with Crippen LogP contribution < -0.4 is 5.32 Å². The number of rotatable bonds is 4. The summed E-state index contributed by atoms with van der Waals surface area (Å²) in [5, 5.41) is 4.86. The maximum Gasteiger partial charge on any atom is 0.186 e. The minimum absolute atomic E-state index is 0.0271. The molecule has 1 aromatic rings. The number of carbonyl (C=O) groups is 1. The van der Waals surface area contributed by atoms with Crippen LogP contribution in [0.25, 0.3) is 0 Å². The summed E-state index contributed by atoms with van der Waals surface area (Å²) in [4.78, 5) is 12.3. The third kappa shape index (κ3) is 2.90. The number of thiophene rings is 1. The summed E-state index contributed by atoms with van der Waals surface area (Å²) >= 11 is 1.41. The second-order valence-corrected chi connectivity index (χ2v) is 7.06. The van der Waals surface area contributed by atoms with Crippen molar-refractivity contribution in [3.05, 3.63) is 22.4 Å². The Bertz CT molecular complexity index is 464. The van der Waals surface area contributed by atoms with Crippen LogP contribution in [0.5, 0.6) is 0 Å². The molecule has 1 saturated heterocycles. The van der Waals surface area contributed by atoms with Gasteiger partial charge < -0.3 is 5.32 Å². The Morgan fingerprint density at radius 2 is 2.38 bits per heavy atom. The third-order valence-corrected chi connectivity index (χ3v) is 5.26. The minimum Gasteiger partial charge on any atom is -0.306 e. The van der Waals surface area contributed by atoms with Crippen molar-refractivity contribution in [2.75, 3.05) is 18.1 Å². The molecular weight excluding hydrogens is 246 g/mol. The van der Waals surface area contributed by atoms with Gasteiger partial charge in [-0.1, -0.05) is 6.07 Å². The van der Waals surface area contributed by atoms with E-state index in [9.17, 15) is 13.2 Å². The monoisotopic (exact) mass is 259 g/mol. The molecule has 0 radical (unpaired) electrons. The molecule has 1 fully saturated rings. The topological polar surface area (TPSA) is 63.2 Å². The lowest BCUT2D eigenvalue weighted by molar-refractivity contribution is 0.0992. The van der Waals surface area contributed by atoms with E-state index < -0.39 is 9.84 Å². The van der Waals surface area contributed by atoms with Gasteiger partial charge in [0.25, 0.3) is 0 Å². The van der Waals surface area contributed by atoms with Gasteiger partial charge >= 0.3 is 0 Å². The highest BCUT2D eigenvalue weighted by atomic mass is 32.2. The molecule has 2 heterocycles. The van der Waals surface area contributed by atoms with E-state index in [2.05, 4.69) is 5.32 Å². The molecule has 0 amide bonds. The molecule has 0 aromatic carbocycles. The first-order chi connectivity index (χ1) is 7.57. The van der Waals surface area contributed by atoms with Crippen molar-refractivity contribution in [1.29, 1.82) is 0 Å². The molecule has 0 aliphatic carbocycles. The first kappa shape index (κ1) is 11.8. The molecule has 1 N–H and O–H groups in total. The average Bonchev–Trinajstić information content (AvgIpc) is 2.83. The summed E-state index contributed by atoms with van der Waals surface area (Å²) in [5.41, 5.74) is 0. The molecule has 0 spiro atoms. The van der Waals surface area contributed by atoms with Gasteiger partial charge in [-0.05, 0) is 17.9 Å². The molecule has 1 unspecified atom stereocenters. The van der Waals surface area contributed by atoms with E-state index in [1.807, 2.05) is 11.4 Å². The predicted octanol–water partition coefficient (Wildman–Crippen LogP) is 0.708. The average molecular weight is 259 g/mol. The van der Waals surface area contributed by atoms with Crippen LogP contribution in [0, 0.1) is 0 Å². The molecule has 16 heavy (non-hydrogen) atoms. The van der Waals surface area contributed by atoms with E-state index >= 15 is 0 Å². The van der Waals surface area contributed by atoms with Gasteiger partial charge in [0.15, 0.2) is 15.6 Å². The normalized spacial score (nSPS) is 23.4. The van der Waals surface area contributed by atoms with Gasteiger partial charge in [-0.15, -0.1) is 11.3 Å². The SMILES string of the molecule is O=C(CNC1CCS(=O)(=O)C1)c1cccs1. The standard InChI is InChI=1S/C10H13NO3S2/c12-9(10-2-1-4-15-10)6-11-8-3-5-16(13,14)7-8/h1-2,4,8,11H,3,5-7H2. The van der Waals surface area contributed by atoms with Gasteiger partial charge in [0, 0.05) is 6.04 Å². The lowest BCUT2D eigenvalue weighted by Crippen LogP contribution is -2.34. The van der Waals surface area contributed by atoms with Crippen LogP contribution in [0.2, 0.25) is 0 Å². The van der Waals surface area contributed by atoms with E-state index in [0.717, 1.165) is 0 Å². The zero-order valence-corrected chi connectivity index (χ0v) is 10.3. The molecule has 1 aliphatic rings. The smallest absolute Gasteiger partial charge is 0.186 e.